The Balaban J connectivity index is 1.59. The van der Waals surface area contributed by atoms with Crippen LogP contribution in [0.4, 0.5) is 9.59 Å². The molecule has 14 heteroatoms. The fraction of sp³-hybridized carbons (Fsp3) is 0.375. The predicted octanol–water partition coefficient (Wildman–Crippen LogP) is 4.23. The van der Waals surface area contributed by atoms with Crippen molar-refractivity contribution in [3.05, 3.63) is 108 Å². The van der Waals surface area contributed by atoms with Gasteiger partial charge in [-0.1, -0.05) is 92.2 Å². The number of nitrogens with zero attached hydrogens (tertiary/aromatic N) is 2. The van der Waals surface area contributed by atoms with Gasteiger partial charge in [-0.3, -0.25) is 24.1 Å². The second kappa shape index (κ2) is 19.1. The van der Waals surface area contributed by atoms with E-state index in [-0.39, 0.29) is 43.3 Å². The van der Waals surface area contributed by atoms with Crippen LogP contribution in [0.5, 0.6) is 0 Å². The summed E-state index contributed by atoms with van der Waals surface area (Å²) in [6, 6.07) is 23.2. The highest BCUT2D eigenvalue weighted by molar-refractivity contribution is 6.41. The standard InChI is InChI=1S/C40H49N7O7/c1-6-16-31(43-36(50)32-23-30(25-47(32)39(53)54-40(3,4)5)42-35(49)29-21-14-9-15-22-29)34(37(51)41-24-26(2)48)45-46-38(52)44-33(27-17-10-7-11-18-27)28-19-12-8-13-20-28/h7-15,17-22,30-33H,6,16,23-25H2,1-5H3,(H,41,51)(H,42,49)(H,43,50)(H2,44,46,52)/t30-,31?,32+/m1/s1. The maximum atomic E-state index is 14.1. The largest absolute Gasteiger partial charge is 0.444 e. The van der Waals surface area contributed by atoms with E-state index < -0.39 is 53.7 Å². The average molecular weight is 740 g/mol. The van der Waals surface area contributed by atoms with Gasteiger partial charge in [0.2, 0.25) is 5.91 Å². The minimum absolute atomic E-state index is 0.00418. The molecule has 0 aromatic heterocycles. The van der Waals surface area contributed by atoms with Gasteiger partial charge in [0.1, 0.15) is 23.1 Å². The van der Waals surface area contributed by atoms with E-state index in [4.69, 9.17) is 4.74 Å². The molecule has 1 unspecified atom stereocenters. The molecule has 1 saturated heterocycles. The molecule has 54 heavy (non-hydrogen) atoms. The number of amides is 6. The zero-order valence-corrected chi connectivity index (χ0v) is 31.3. The Bertz CT molecular complexity index is 1760. The SMILES string of the molecule is CCCC(NC(=O)[C@@H]1C[C@@H](NC(=O)c2ccccc2)CN1C(=O)OC(C)(C)C)C(=NNC(=O)NC(c1ccccc1)c1ccccc1)C(=O)NCC(C)=O. The van der Waals surface area contributed by atoms with Crippen molar-refractivity contribution in [2.75, 3.05) is 13.1 Å². The number of hydrogen-bond acceptors (Lipinski definition) is 8. The van der Waals surface area contributed by atoms with Crippen LogP contribution in [0.25, 0.3) is 0 Å². The number of carbonyl (C=O) groups is 6. The molecule has 3 aromatic carbocycles. The number of Topliss-reactive ketones (excluding diaryl/α,β-unsaturated/α-hetero) is 1. The molecule has 0 spiro atoms. The first-order valence-electron chi connectivity index (χ1n) is 17.9. The number of urea groups is 1. The molecule has 0 saturated carbocycles. The van der Waals surface area contributed by atoms with E-state index in [0.717, 1.165) is 11.1 Å². The highest BCUT2D eigenvalue weighted by atomic mass is 16.6. The lowest BCUT2D eigenvalue weighted by atomic mass is 9.99. The van der Waals surface area contributed by atoms with Crippen molar-refractivity contribution >= 4 is 41.3 Å². The van der Waals surface area contributed by atoms with E-state index >= 15 is 0 Å². The third-order valence-corrected chi connectivity index (χ3v) is 8.38. The number of carbonyl (C=O) groups excluding carboxylic acids is 6. The van der Waals surface area contributed by atoms with Crippen molar-refractivity contribution in [3.63, 3.8) is 0 Å². The highest BCUT2D eigenvalue weighted by Crippen LogP contribution is 2.24. The number of nitrogens with one attached hydrogen (secondary N) is 5. The molecule has 286 valence electrons. The number of ketones is 1. The first-order chi connectivity index (χ1) is 25.8. The van der Waals surface area contributed by atoms with Crippen molar-refractivity contribution in [1.82, 2.24) is 31.6 Å². The topological polar surface area (TPSA) is 187 Å². The lowest BCUT2D eigenvalue weighted by Crippen LogP contribution is -2.54. The maximum absolute atomic E-state index is 14.1. The second-order valence-electron chi connectivity index (χ2n) is 14.0. The monoisotopic (exact) mass is 739 g/mol. The number of likely N-dealkylation sites (tertiary alicyclic amines) is 1. The van der Waals surface area contributed by atoms with Gasteiger partial charge in [0.15, 0.2) is 0 Å². The van der Waals surface area contributed by atoms with Crippen molar-refractivity contribution in [2.24, 2.45) is 5.10 Å². The van der Waals surface area contributed by atoms with E-state index in [1.165, 1.54) is 11.8 Å². The number of hydrogen-bond donors (Lipinski definition) is 5. The second-order valence-corrected chi connectivity index (χ2v) is 14.0. The van der Waals surface area contributed by atoms with E-state index in [2.05, 4.69) is 31.8 Å². The van der Waals surface area contributed by atoms with Crippen molar-refractivity contribution in [2.45, 2.75) is 83.6 Å². The molecule has 6 amide bonds. The van der Waals surface area contributed by atoms with Crippen LogP contribution >= 0.6 is 0 Å². The number of ether oxygens (including phenoxy) is 1. The molecule has 0 aliphatic carbocycles. The van der Waals surface area contributed by atoms with Gasteiger partial charge in [-0.25, -0.2) is 15.0 Å². The number of hydrazone groups is 1. The van der Waals surface area contributed by atoms with Crippen LogP contribution in [0.1, 0.15) is 81.4 Å². The van der Waals surface area contributed by atoms with Gasteiger partial charge in [0.25, 0.3) is 11.8 Å². The van der Waals surface area contributed by atoms with Crippen LogP contribution in [0, 0.1) is 0 Å². The molecule has 1 fully saturated rings. The molecule has 1 aliphatic rings. The average Bonchev–Trinajstić information content (AvgIpc) is 3.57. The van der Waals surface area contributed by atoms with Gasteiger partial charge in [-0.05, 0) is 63.8 Å². The van der Waals surface area contributed by atoms with Gasteiger partial charge in [-0.2, -0.15) is 5.10 Å². The first kappa shape index (κ1) is 40.7. The minimum Gasteiger partial charge on any atom is -0.444 e. The molecule has 5 N–H and O–H groups in total. The van der Waals surface area contributed by atoms with E-state index in [1.807, 2.05) is 67.6 Å². The normalized spacial score (nSPS) is 16.2. The summed E-state index contributed by atoms with van der Waals surface area (Å²) in [6.45, 7) is 7.95. The Kier molecular flexibility index (Phi) is 14.4. The van der Waals surface area contributed by atoms with Crippen molar-refractivity contribution in [3.8, 4) is 0 Å². The summed E-state index contributed by atoms with van der Waals surface area (Å²) in [5.74, 6) is -2.09. The van der Waals surface area contributed by atoms with Gasteiger partial charge < -0.3 is 26.0 Å². The number of rotatable bonds is 14. The lowest BCUT2D eigenvalue weighted by molar-refractivity contribution is -0.126. The molecule has 4 rings (SSSR count). The van der Waals surface area contributed by atoms with Crippen LogP contribution in [0.15, 0.2) is 96.1 Å². The smallest absolute Gasteiger partial charge is 0.411 e. The lowest BCUT2D eigenvalue weighted by Gasteiger charge is -2.29. The van der Waals surface area contributed by atoms with Crippen LogP contribution in [0.3, 0.4) is 0 Å². The Labute approximate surface area is 315 Å². The summed E-state index contributed by atoms with van der Waals surface area (Å²) < 4.78 is 5.61. The maximum Gasteiger partial charge on any atom is 0.411 e. The summed E-state index contributed by atoms with van der Waals surface area (Å²) in [7, 11) is 0. The van der Waals surface area contributed by atoms with Crippen molar-refractivity contribution in [1.29, 1.82) is 0 Å². The molecule has 3 atom stereocenters. The fourth-order valence-electron chi connectivity index (χ4n) is 5.91. The van der Waals surface area contributed by atoms with Gasteiger partial charge >= 0.3 is 12.1 Å². The molecular formula is C40H49N7O7. The van der Waals surface area contributed by atoms with Gasteiger partial charge in [0.05, 0.1) is 18.6 Å². The molecule has 0 radical (unpaired) electrons. The fourth-order valence-corrected chi connectivity index (χ4v) is 5.91. The molecule has 1 aliphatic heterocycles. The Hall–Kier alpha value is -6.05. The Morgan fingerprint density at radius 3 is 1.96 bits per heavy atom. The van der Waals surface area contributed by atoms with E-state index in [0.29, 0.717) is 12.0 Å². The summed E-state index contributed by atoms with van der Waals surface area (Å²) in [6.07, 6.45) is 0.0119. The predicted molar refractivity (Wildman–Crippen MR) is 203 cm³/mol. The number of benzene rings is 3. The van der Waals surface area contributed by atoms with Crippen LogP contribution in [-0.4, -0.2) is 83.1 Å². The van der Waals surface area contributed by atoms with Gasteiger partial charge in [0, 0.05) is 18.2 Å². The minimum atomic E-state index is -1.09. The Morgan fingerprint density at radius 2 is 1.43 bits per heavy atom. The third-order valence-electron chi connectivity index (χ3n) is 8.38. The summed E-state index contributed by atoms with van der Waals surface area (Å²) in [5, 5.41) is 15.3. The van der Waals surface area contributed by atoms with Crippen molar-refractivity contribution < 1.29 is 33.5 Å². The Morgan fingerprint density at radius 1 is 0.852 bits per heavy atom. The van der Waals surface area contributed by atoms with E-state index in [9.17, 15) is 28.8 Å². The first-order valence-corrected chi connectivity index (χ1v) is 17.9. The highest BCUT2D eigenvalue weighted by Gasteiger charge is 2.43. The van der Waals surface area contributed by atoms with E-state index in [1.54, 1.807) is 51.1 Å². The van der Waals surface area contributed by atoms with Gasteiger partial charge in [-0.15, -0.1) is 0 Å². The molecule has 14 nitrogen and oxygen atoms in total. The van der Waals surface area contributed by atoms with Crippen LogP contribution in [0.2, 0.25) is 0 Å². The molecule has 0 bridgehead atoms. The van der Waals surface area contributed by atoms with Crippen LogP contribution in [-0.2, 0) is 19.1 Å². The third kappa shape index (κ3) is 12.0. The molecular weight excluding hydrogens is 690 g/mol. The molecule has 3 aromatic rings. The zero-order chi connectivity index (χ0) is 39.3. The summed E-state index contributed by atoms with van der Waals surface area (Å²) in [4.78, 5) is 80.4. The summed E-state index contributed by atoms with van der Waals surface area (Å²) in [5.41, 5.74) is 3.32. The zero-order valence-electron chi connectivity index (χ0n) is 31.3. The van der Waals surface area contributed by atoms with Crippen LogP contribution < -0.4 is 26.7 Å². The quantitative estimate of drug-likeness (QED) is 0.121. The molecule has 1 heterocycles. The summed E-state index contributed by atoms with van der Waals surface area (Å²) >= 11 is 0.